The zero-order valence-electron chi connectivity index (χ0n) is 11.6. The fourth-order valence-corrected chi connectivity index (χ4v) is 1.73. The quantitative estimate of drug-likeness (QED) is 0.736. The van der Waals surface area contributed by atoms with E-state index in [1.54, 1.807) is 0 Å². The minimum atomic E-state index is -0.0601. The molecule has 4 heteroatoms. The molecule has 0 spiro atoms. The number of amides is 1. The van der Waals surface area contributed by atoms with Gasteiger partial charge in [-0.25, -0.2) is 0 Å². The van der Waals surface area contributed by atoms with Crippen LogP contribution in [0.25, 0.3) is 0 Å². The summed E-state index contributed by atoms with van der Waals surface area (Å²) in [5, 5.41) is 14.7. The second kappa shape index (κ2) is 8.28. The molecule has 0 saturated carbocycles. The molecule has 1 rings (SSSR count). The highest BCUT2D eigenvalue weighted by Gasteiger charge is 2.06. The molecule has 0 aliphatic heterocycles. The summed E-state index contributed by atoms with van der Waals surface area (Å²) >= 11 is 0. The molecule has 1 amide bonds. The third kappa shape index (κ3) is 5.54. The number of hydrogen-bond acceptors (Lipinski definition) is 3. The first kappa shape index (κ1) is 15.2. The number of benzene rings is 1. The maximum atomic E-state index is 11.8. The zero-order chi connectivity index (χ0) is 14.1. The summed E-state index contributed by atoms with van der Waals surface area (Å²) < 4.78 is 0. The molecule has 19 heavy (non-hydrogen) atoms. The summed E-state index contributed by atoms with van der Waals surface area (Å²) in [7, 11) is 0. The number of hydrogen-bond donors (Lipinski definition) is 2. The van der Waals surface area contributed by atoms with Crippen molar-refractivity contribution < 1.29 is 4.79 Å². The number of carbonyl (C=O) groups excluding carboxylic acids is 1. The van der Waals surface area contributed by atoms with Crippen molar-refractivity contribution in [3.8, 4) is 6.07 Å². The Bertz CT molecular complexity index is 434. The number of aryl methyl sites for hydroxylation is 1. The number of nitrogens with zero attached hydrogens (tertiary/aromatic N) is 1. The summed E-state index contributed by atoms with van der Waals surface area (Å²) in [6.07, 6.45) is 1.42. The lowest BCUT2D eigenvalue weighted by molar-refractivity contribution is 0.0953. The summed E-state index contributed by atoms with van der Waals surface area (Å²) in [6, 6.07) is 9.85. The lowest BCUT2D eigenvalue weighted by atomic mass is 10.1. The third-order valence-electron chi connectivity index (χ3n) is 2.99. The molecule has 1 aromatic carbocycles. The Labute approximate surface area is 114 Å². The van der Waals surface area contributed by atoms with E-state index in [1.165, 1.54) is 0 Å². The van der Waals surface area contributed by atoms with E-state index in [0.29, 0.717) is 25.1 Å². The smallest absolute Gasteiger partial charge is 0.251 e. The average molecular weight is 259 g/mol. The molecule has 0 radical (unpaired) electrons. The van der Waals surface area contributed by atoms with Crippen LogP contribution in [0.15, 0.2) is 24.3 Å². The highest BCUT2D eigenvalue weighted by atomic mass is 16.1. The van der Waals surface area contributed by atoms with Gasteiger partial charge in [0.25, 0.3) is 5.91 Å². The summed E-state index contributed by atoms with van der Waals surface area (Å²) in [5.41, 5.74) is 1.81. The van der Waals surface area contributed by atoms with Crippen molar-refractivity contribution in [3.05, 3.63) is 35.4 Å². The van der Waals surface area contributed by atoms with E-state index in [4.69, 9.17) is 5.26 Å². The molecular formula is C15H21N3O. The fourth-order valence-electron chi connectivity index (χ4n) is 1.73. The van der Waals surface area contributed by atoms with Gasteiger partial charge >= 0.3 is 0 Å². The molecule has 0 bridgehead atoms. The first-order valence-electron chi connectivity index (χ1n) is 6.62. The minimum absolute atomic E-state index is 0.0601. The molecule has 0 aliphatic carbocycles. The van der Waals surface area contributed by atoms with E-state index in [1.807, 2.05) is 38.1 Å². The molecule has 0 saturated heterocycles. The Morgan fingerprint density at radius 1 is 1.32 bits per heavy atom. The van der Waals surface area contributed by atoms with E-state index in [0.717, 1.165) is 12.0 Å². The van der Waals surface area contributed by atoms with Gasteiger partial charge in [0.1, 0.15) is 0 Å². The number of carbonyl (C=O) groups is 1. The molecule has 0 aliphatic rings. The maximum absolute atomic E-state index is 11.8. The van der Waals surface area contributed by atoms with Gasteiger partial charge in [0.15, 0.2) is 0 Å². The van der Waals surface area contributed by atoms with Gasteiger partial charge < -0.3 is 10.6 Å². The molecule has 1 unspecified atom stereocenters. The van der Waals surface area contributed by atoms with Crippen LogP contribution < -0.4 is 10.6 Å². The van der Waals surface area contributed by atoms with E-state index in [-0.39, 0.29) is 11.9 Å². The van der Waals surface area contributed by atoms with Gasteiger partial charge in [-0.1, -0.05) is 24.6 Å². The van der Waals surface area contributed by atoms with Crippen molar-refractivity contribution in [2.24, 2.45) is 0 Å². The first-order valence-corrected chi connectivity index (χ1v) is 6.62. The monoisotopic (exact) mass is 259 g/mol. The molecule has 102 valence electrons. The molecule has 1 atom stereocenters. The summed E-state index contributed by atoms with van der Waals surface area (Å²) in [5.74, 6) is -0.0601. The van der Waals surface area contributed by atoms with Crippen molar-refractivity contribution in [1.29, 1.82) is 5.26 Å². The zero-order valence-corrected chi connectivity index (χ0v) is 11.6. The Morgan fingerprint density at radius 2 is 2.00 bits per heavy atom. The van der Waals surface area contributed by atoms with E-state index in [9.17, 15) is 4.79 Å². The molecule has 4 nitrogen and oxygen atoms in total. The third-order valence-corrected chi connectivity index (χ3v) is 2.99. The number of nitrogens with one attached hydrogen (secondary N) is 2. The van der Waals surface area contributed by atoms with Crippen LogP contribution in [0.5, 0.6) is 0 Å². The standard InChI is InChI=1S/C15H21N3O/c1-3-14(8-9-16)17-10-11-18-15(19)13-6-4-12(2)5-7-13/h4-7,14,17H,3,8,10-11H2,1-2H3,(H,18,19). The van der Waals surface area contributed by atoms with Gasteiger partial charge in [-0.2, -0.15) is 5.26 Å². The minimum Gasteiger partial charge on any atom is -0.351 e. The summed E-state index contributed by atoms with van der Waals surface area (Å²) in [4.78, 5) is 11.8. The van der Waals surface area contributed by atoms with Crippen molar-refractivity contribution in [1.82, 2.24) is 10.6 Å². The predicted octanol–water partition coefficient (Wildman–Crippen LogP) is 2.01. The Hall–Kier alpha value is -1.86. The second-order valence-corrected chi connectivity index (χ2v) is 4.54. The topological polar surface area (TPSA) is 64.9 Å². The van der Waals surface area contributed by atoms with Crippen LogP contribution in [0.3, 0.4) is 0 Å². The predicted molar refractivity (Wildman–Crippen MR) is 75.8 cm³/mol. The largest absolute Gasteiger partial charge is 0.351 e. The fraction of sp³-hybridized carbons (Fsp3) is 0.467. The molecule has 0 fully saturated rings. The highest BCUT2D eigenvalue weighted by Crippen LogP contribution is 2.02. The molecule has 1 aromatic rings. The Kier molecular flexibility index (Phi) is 6.62. The van der Waals surface area contributed by atoms with Gasteiger partial charge in [-0.15, -0.1) is 0 Å². The summed E-state index contributed by atoms with van der Waals surface area (Å²) in [6.45, 7) is 5.28. The van der Waals surface area contributed by atoms with Crippen LogP contribution in [0.1, 0.15) is 35.7 Å². The van der Waals surface area contributed by atoms with Crippen LogP contribution in [-0.2, 0) is 0 Å². The molecule has 0 aromatic heterocycles. The molecular weight excluding hydrogens is 238 g/mol. The normalized spacial score (nSPS) is 11.6. The number of rotatable bonds is 7. The molecule has 2 N–H and O–H groups in total. The van der Waals surface area contributed by atoms with E-state index < -0.39 is 0 Å². The van der Waals surface area contributed by atoms with Crippen molar-refractivity contribution in [3.63, 3.8) is 0 Å². The van der Waals surface area contributed by atoms with Crippen molar-refractivity contribution in [2.45, 2.75) is 32.7 Å². The van der Waals surface area contributed by atoms with E-state index >= 15 is 0 Å². The Balaban J connectivity index is 2.27. The van der Waals surface area contributed by atoms with Crippen molar-refractivity contribution in [2.75, 3.05) is 13.1 Å². The van der Waals surface area contributed by atoms with Gasteiger partial charge in [0.2, 0.25) is 0 Å². The van der Waals surface area contributed by atoms with Crippen LogP contribution >= 0.6 is 0 Å². The molecule has 0 heterocycles. The lowest BCUT2D eigenvalue weighted by Crippen LogP contribution is -2.36. The first-order chi connectivity index (χ1) is 9.17. The van der Waals surface area contributed by atoms with Crippen molar-refractivity contribution >= 4 is 5.91 Å². The van der Waals surface area contributed by atoms with Gasteiger partial charge in [-0.3, -0.25) is 4.79 Å². The van der Waals surface area contributed by atoms with Crippen LogP contribution in [0, 0.1) is 18.3 Å². The SMILES string of the molecule is CCC(CC#N)NCCNC(=O)c1ccc(C)cc1. The average Bonchev–Trinajstić information content (AvgIpc) is 2.42. The van der Waals surface area contributed by atoms with Gasteiger partial charge in [-0.05, 0) is 25.5 Å². The number of nitriles is 1. The Morgan fingerprint density at radius 3 is 2.58 bits per heavy atom. The van der Waals surface area contributed by atoms with Crippen LogP contribution in [-0.4, -0.2) is 25.0 Å². The lowest BCUT2D eigenvalue weighted by Gasteiger charge is -2.13. The maximum Gasteiger partial charge on any atom is 0.251 e. The second-order valence-electron chi connectivity index (χ2n) is 4.54. The van der Waals surface area contributed by atoms with E-state index in [2.05, 4.69) is 16.7 Å². The van der Waals surface area contributed by atoms with Crippen LogP contribution in [0.2, 0.25) is 0 Å². The van der Waals surface area contributed by atoms with Gasteiger partial charge in [0.05, 0.1) is 12.5 Å². The van der Waals surface area contributed by atoms with Gasteiger partial charge in [0, 0.05) is 24.7 Å². The van der Waals surface area contributed by atoms with Crippen LogP contribution in [0.4, 0.5) is 0 Å². The highest BCUT2D eigenvalue weighted by molar-refractivity contribution is 5.94.